The number of nitrogens with zero attached hydrogens (tertiary/aromatic N) is 2. The summed E-state index contributed by atoms with van der Waals surface area (Å²) in [6.45, 7) is 7.92. The van der Waals surface area contributed by atoms with E-state index in [2.05, 4.69) is 34.9 Å². The molecule has 0 aliphatic heterocycles. The Balaban J connectivity index is 3.12. The van der Waals surface area contributed by atoms with Gasteiger partial charge in [0.15, 0.2) is 0 Å². The molecule has 0 bridgehead atoms. The van der Waals surface area contributed by atoms with E-state index in [-0.39, 0.29) is 0 Å². The van der Waals surface area contributed by atoms with Crippen molar-refractivity contribution in [2.24, 2.45) is 9.98 Å². The zero-order valence-electron chi connectivity index (χ0n) is 12.3. The van der Waals surface area contributed by atoms with Crippen LogP contribution in [0.25, 0.3) is 0 Å². The molecule has 0 unspecified atom stereocenters. The maximum absolute atomic E-state index is 5.68. The Morgan fingerprint density at radius 3 is 1.68 bits per heavy atom. The van der Waals surface area contributed by atoms with Gasteiger partial charge in [-0.2, -0.15) is 0 Å². The zero-order valence-corrected chi connectivity index (χ0v) is 13.8. The minimum Gasteiger partial charge on any atom is -0.491 e. The van der Waals surface area contributed by atoms with Crippen molar-refractivity contribution >= 4 is 46.3 Å². The normalized spacial score (nSPS) is 9.55. The fourth-order valence-electron chi connectivity index (χ4n) is 1.59. The minimum absolute atomic E-state index is 0.481. The monoisotopic (exact) mass is 340 g/mol. The van der Waals surface area contributed by atoms with Gasteiger partial charge in [0, 0.05) is 17.8 Å². The Kier molecular flexibility index (Phi) is 9.13. The van der Waals surface area contributed by atoms with E-state index >= 15 is 0 Å². The van der Waals surface area contributed by atoms with E-state index in [1.165, 1.54) is 0 Å². The van der Waals surface area contributed by atoms with Crippen LogP contribution in [0.1, 0.15) is 12.8 Å². The van der Waals surface area contributed by atoms with E-state index in [0.29, 0.717) is 47.8 Å². The topological polar surface area (TPSA) is 43.2 Å². The molecule has 0 aliphatic carbocycles. The van der Waals surface area contributed by atoms with Gasteiger partial charge in [-0.25, -0.2) is 9.98 Å². The molecule has 0 radical (unpaired) electrons. The lowest BCUT2D eigenvalue weighted by molar-refractivity contribution is 0.304. The Morgan fingerprint density at radius 2 is 1.32 bits per heavy atom. The molecule has 0 heterocycles. The smallest absolute Gasteiger partial charge is 0.149 e. The molecule has 1 aromatic carbocycles. The Hall–Kier alpha value is -1.70. The summed E-state index contributed by atoms with van der Waals surface area (Å²) < 4.78 is 11.4. The number of alkyl halides is 2. The molecule has 0 saturated heterocycles. The number of halogens is 2. The third-order valence-corrected chi connectivity index (χ3v) is 3.05. The first-order valence-electron chi connectivity index (χ1n) is 6.78. The van der Waals surface area contributed by atoms with Gasteiger partial charge in [-0.3, -0.25) is 0 Å². The van der Waals surface area contributed by atoms with E-state index in [1.807, 2.05) is 0 Å². The predicted octanol–water partition coefficient (Wildman–Crippen LogP) is 4.68. The highest BCUT2D eigenvalue weighted by molar-refractivity contribution is 6.18. The van der Waals surface area contributed by atoms with Crippen LogP contribution in [-0.4, -0.2) is 36.7 Å². The van der Waals surface area contributed by atoms with Crippen molar-refractivity contribution < 1.29 is 9.47 Å². The van der Waals surface area contributed by atoms with Gasteiger partial charge in [0.2, 0.25) is 0 Å². The zero-order chi connectivity index (χ0) is 16.2. The highest BCUT2D eigenvalue weighted by Gasteiger charge is 2.11. The van der Waals surface area contributed by atoms with Crippen LogP contribution in [-0.2, 0) is 0 Å². The van der Waals surface area contributed by atoms with Crippen molar-refractivity contribution in [2.75, 3.05) is 25.0 Å². The summed E-state index contributed by atoms with van der Waals surface area (Å²) in [5.74, 6) is 7.15. The molecule has 0 spiro atoms. The largest absolute Gasteiger partial charge is 0.491 e. The van der Waals surface area contributed by atoms with Crippen LogP contribution in [0.4, 0.5) is 11.4 Å². The van der Waals surface area contributed by atoms with Crippen LogP contribution in [0.2, 0.25) is 0 Å². The molecule has 0 N–H and O–H groups in total. The lowest BCUT2D eigenvalue weighted by atomic mass is 10.2. The van der Waals surface area contributed by atoms with Gasteiger partial charge in [0.05, 0.1) is 13.2 Å². The first-order valence-corrected chi connectivity index (χ1v) is 7.85. The van der Waals surface area contributed by atoms with Crippen LogP contribution < -0.4 is 9.47 Å². The summed E-state index contributed by atoms with van der Waals surface area (Å²) in [5.41, 5.74) is 1.12. The molecule has 0 saturated carbocycles. The van der Waals surface area contributed by atoms with Gasteiger partial charge in [-0.15, -0.1) is 23.2 Å². The Morgan fingerprint density at radius 1 is 0.864 bits per heavy atom. The average Bonchev–Trinajstić information content (AvgIpc) is 2.51. The van der Waals surface area contributed by atoms with Crippen LogP contribution >= 0.6 is 23.2 Å². The predicted molar refractivity (Wildman–Crippen MR) is 93.6 cm³/mol. The van der Waals surface area contributed by atoms with Crippen LogP contribution in [0.3, 0.4) is 0 Å². The molecule has 1 rings (SSSR count). The summed E-state index contributed by atoms with van der Waals surface area (Å²) in [6.07, 6.45) is 1.46. The van der Waals surface area contributed by atoms with E-state index in [0.717, 1.165) is 12.8 Å². The highest BCUT2D eigenvalue weighted by Crippen LogP contribution is 2.39. The third kappa shape index (κ3) is 5.97. The second-order valence-electron chi connectivity index (χ2n) is 4.11. The van der Waals surface area contributed by atoms with Gasteiger partial charge in [0.25, 0.3) is 0 Å². The minimum atomic E-state index is 0.481. The molecule has 118 valence electrons. The van der Waals surface area contributed by atoms with Gasteiger partial charge in [-0.1, -0.05) is 0 Å². The lowest BCUT2D eigenvalue weighted by Gasteiger charge is -2.13. The van der Waals surface area contributed by atoms with Crippen molar-refractivity contribution in [1.82, 2.24) is 0 Å². The van der Waals surface area contributed by atoms with Crippen molar-refractivity contribution in [3.05, 3.63) is 25.3 Å². The summed E-state index contributed by atoms with van der Waals surface area (Å²) in [7, 11) is 0. The summed E-state index contributed by atoms with van der Waals surface area (Å²) in [6, 6.07) is 3.44. The van der Waals surface area contributed by atoms with Gasteiger partial charge < -0.3 is 9.47 Å². The fraction of sp³-hybridized carbons (Fsp3) is 0.375. The molecule has 4 nitrogen and oxygen atoms in total. The molecule has 22 heavy (non-hydrogen) atoms. The SMILES string of the molecule is C=C=Nc1cc(N=C=C)c(OCCCCl)cc1OCCCCl. The molecular formula is C16H18Cl2N2O2. The van der Waals surface area contributed by atoms with Crippen LogP contribution in [0.15, 0.2) is 35.3 Å². The molecular weight excluding hydrogens is 323 g/mol. The standard InChI is InChI=1S/C16H18Cl2N2O2/c1-3-19-13-11-14(20-4-2)16(22-10-6-8-18)12-15(13)21-9-5-7-17/h11-12H,1-2,5-10H2. The van der Waals surface area contributed by atoms with Gasteiger partial charge >= 0.3 is 0 Å². The molecule has 1 aromatic rings. The summed E-state index contributed by atoms with van der Waals surface area (Å²) in [5, 5.41) is 0. The van der Waals surface area contributed by atoms with Crippen LogP contribution in [0.5, 0.6) is 11.5 Å². The number of benzene rings is 1. The molecule has 0 aromatic heterocycles. The molecule has 0 fully saturated rings. The lowest BCUT2D eigenvalue weighted by Crippen LogP contribution is -2.01. The maximum atomic E-state index is 5.68. The Bertz CT molecular complexity index is 531. The summed E-state index contributed by atoms with van der Waals surface area (Å²) in [4.78, 5) is 8.12. The van der Waals surface area contributed by atoms with E-state index in [1.54, 1.807) is 12.1 Å². The second kappa shape index (κ2) is 10.9. The van der Waals surface area contributed by atoms with Crippen molar-refractivity contribution in [3.63, 3.8) is 0 Å². The van der Waals surface area contributed by atoms with Crippen molar-refractivity contribution in [2.45, 2.75) is 12.8 Å². The fourth-order valence-corrected chi connectivity index (χ4v) is 1.81. The first kappa shape index (κ1) is 18.3. The number of aliphatic imine (C=N–C) groups is 2. The number of hydrogen-bond donors (Lipinski definition) is 0. The third-order valence-electron chi connectivity index (χ3n) is 2.51. The molecule has 0 aliphatic rings. The van der Waals surface area contributed by atoms with E-state index < -0.39 is 0 Å². The van der Waals surface area contributed by atoms with E-state index in [9.17, 15) is 0 Å². The number of rotatable bonds is 10. The molecule has 0 atom stereocenters. The number of ether oxygens (including phenoxy) is 2. The molecule has 0 amide bonds. The van der Waals surface area contributed by atoms with Gasteiger partial charge in [0.1, 0.15) is 22.9 Å². The summed E-state index contributed by atoms with van der Waals surface area (Å²) >= 11 is 11.3. The molecule has 6 heteroatoms. The first-order chi connectivity index (χ1) is 10.8. The average molecular weight is 341 g/mol. The Labute approximate surface area is 140 Å². The van der Waals surface area contributed by atoms with E-state index in [4.69, 9.17) is 32.7 Å². The van der Waals surface area contributed by atoms with Gasteiger partial charge in [-0.05, 0) is 43.8 Å². The quantitative estimate of drug-likeness (QED) is 0.352. The highest BCUT2D eigenvalue weighted by atomic mass is 35.5. The second-order valence-corrected chi connectivity index (χ2v) is 4.87. The van der Waals surface area contributed by atoms with Crippen molar-refractivity contribution in [3.8, 4) is 11.5 Å². The van der Waals surface area contributed by atoms with Crippen molar-refractivity contribution in [1.29, 1.82) is 0 Å². The number of hydrogen-bond acceptors (Lipinski definition) is 4. The maximum Gasteiger partial charge on any atom is 0.149 e. The van der Waals surface area contributed by atoms with Crippen LogP contribution in [0, 0.1) is 0 Å².